The maximum Gasteiger partial charge on any atom is 0.255 e. The molecule has 0 radical (unpaired) electrons. The number of alkyl halides is 1. The summed E-state index contributed by atoms with van der Waals surface area (Å²) in [4.78, 5) is 12.2. The fraction of sp³-hybridized carbons (Fsp3) is 0.615. The summed E-state index contributed by atoms with van der Waals surface area (Å²) in [6, 6.07) is 1.78. The fourth-order valence-electron chi connectivity index (χ4n) is 2.51. The van der Waals surface area contributed by atoms with Crippen molar-refractivity contribution in [3.63, 3.8) is 0 Å². The number of halogens is 1. The highest BCUT2D eigenvalue weighted by molar-refractivity contribution is 6.19. The lowest BCUT2D eigenvalue weighted by Gasteiger charge is -2.27. The largest absolute Gasteiger partial charge is 0.466 e. The van der Waals surface area contributed by atoms with Crippen molar-refractivity contribution in [2.24, 2.45) is 0 Å². The molecule has 1 aliphatic rings. The molecule has 1 amide bonds. The van der Waals surface area contributed by atoms with Gasteiger partial charge in [0.15, 0.2) is 0 Å². The zero-order chi connectivity index (χ0) is 12.5. The van der Waals surface area contributed by atoms with Crippen molar-refractivity contribution in [1.29, 1.82) is 0 Å². The number of carbonyl (C=O) groups is 1. The normalized spacial score (nSPS) is 18.3. The van der Waals surface area contributed by atoms with Crippen molar-refractivity contribution in [1.82, 2.24) is 5.32 Å². The molecule has 1 saturated carbocycles. The summed E-state index contributed by atoms with van der Waals surface area (Å²) in [7, 11) is 0. The predicted octanol–water partition coefficient (Wildman–Crippen LogP) is 3.18. The van der Waals surface area contributed by atoms with E-state index in [-0.39, 0.29) is 11.4 Å². The van der Waals surface area contributed by atoms with Gasteiger partial charge in [0.25, 0.3) is 5.91 Å². The molecule has 0 atom stereocenters. The van der Waals surface area contributed by atoms with Crippen molar-refractivity contribution in [2.75, 3.05) is 5.88 Å². The Morgan fingerprint density at radius 2 is 2.12 bits per heavy atom. The summed E-state index contributed by atoms with van der Waals surface area (Å²) >= 11 is 6.00. The molecule has 1 N–H and O–H groups in total. The third-order valence-corrected chi connectivity index (χ3v) is 3.99. The Balaban J connectivity index is 2.13. The Bertz CT molecular complexity index is 419. The minimum absolute atomic E-state index is 0.0677. The molecule has 4 heteroatoms. The van der Waals surface area contributed by atoms with Crippen molar-refractivity contribution in [2.45, 2.75) is 45.1 Å². The second kappa shape index (κ2) is 4.73. The topological polar surface area (TPSA) is 42.2 Å². The van der Waals surface area contributed by atoms with Crippen LogP contribution in [0.2, 0.25) is 0 Å². The average molecular weight is 256 g/mol. The summed E-state index contributed by atoms with van der Waals surface area (Å²) < 4.78 is 5.37. The van der Waals surface area contributed by atoms with Gasteiger partial charge in [-0.1, -0.05) is 12.8 Å². The highest BCUT2D eigenvalue weighted by Crippen LogP contribution is 2.31. The van der Waals surface area contributed by atoms with Gasteiger partial charge in [0.05, 0.1) is 11.1 Å². The smallest absolute Gasteiger partial charge is 0.255 e. The summed E-state index contributed by atoms with van der Waals surface area (Å²) in [5, 5.41) is 3.08. The molecule has 0 bridgehead atoms. The molecule has 1 aliphatic carbocycles. The number of nitrogens with one attached hydrogen (secondary N) is 1. The van der Waals surface area contributed by atoms with E-state index in [9.17, 15) is 4.79 Å². The Morgan fingerprint density at radius 3 is 2.59 bits per heavy atom. The van der Waals surface area contributed by atoms with Gasteiger partial charge in [-0.2, -0.15) is 0 Å². The molecule has 3 nitrogen and oxygen atoms in total. The lowest BCUT2D eigenvalue weighted by Crippen LogP contribution is -2.47. The molecular formula is C13H18ClNO2. The van der Waals surface area contributed by atoms with Crippen LogP contribution in [-0.4, -0.2) is 17.3 Å². The van der Waals surface area contributed by atoms with E-state index in [4.69, 9.17) is 16.0 Å². The lowest BCUT2D eigenvalue weighted by atomic mass is 9.99. The van der Waals surface area contributed by atoms with Gasteiger partial charge in [0, 0.05) is 5.88 Å². The van der Waals surface area contributed by atoms with Gasteiger partial charge in [-0.05, 0) is 32.8 Å². The van der Waals surface area contributed by atoms with Crippen LogP contribution in [0, 0.1) is 13.8 Å². The molecular weight excluding hydrogens is 238 g/mol. The van der Waals surface area contributed by atoms with Crippen LogP contribution in [0.25, 0.3) is 0 Å². The molecule has 0 saturated heterocycles. The molecule has 0 aromatic carbocycles. The summed E-state index contributed by atoms with van der Waals surface area (Å²) in [6.07, 6.45) is 4.21. The number of amides is 1. The number of furan rings is 1. The predicted molar refractivity (Wildman–Crippen MR) is 67.6 cm³/mol. The van der Waals surface area contributed by atoms with Crippen molar-refractivity contribution in [3.8, 4) is 0 Å². The number of hydrogen-bond acceptors (Lipinski definition) is 2. The van der Waals surface area contributed by atoms with Crippen LogP contribution >= 0.6 is 11.6 Å². The van der Waals surface area contributed by atoms with Gasteiger partial charge < -0.3 is 9.73 Å². The third-order valence-electron chi connectivity index (χ3n) is 3.48. The molecule has 1 aromatic heterocycles. The zero-order valence-corrected chi connectivity index (χ0v) is 11.1. The van der Waals surface area contributed by atoms with Crippen LogP contribution in [0.5, 0.6) is 0 Å². The molecule has 1 heterocycles. The maximum atomic E-state index is 12.2. The van der Waals surface area contributed by atoms with Gasteiger partial charge in [-0.3, -0.25) is 4.79 Å². The van der Waals surface area contributed by atoms with Crippen LogP contribution in [0.15, 0.2) is 10.5 Å². The van der Waals surface area contributed by atoms with Gasteiger partial charge in [0.1, 0.15) is 11.5 Å². The van der Waals surface area contributed by atoms with Crippen LogP contribution < -0.4 is 5.32 Å². The zero-order valence-electron chi connectivity index (χ0n) is 10.3. The molecule has 0 spiro atoms. The van der Waals surface area contributed by atoms with E-state index < -0.39 is 0 Å². The van der Waals surface area contributed by atoms with E-state index in [0.29, 0.717) is 17.2 Å². The first kappa shape index (κ1) is 12.5. The quantitative estimate of drug-likeness (QED) is 0.843. The first-order valence-electron chi connectivity index (χ1n) is 6.02. The van der Waals surface area contributed by atoms with E-state index in [1.165, 1.54) is 0 Å². The first-order valence-corrected chi connectivity index (χ1v) is 6.55. The third kappa shape index (κ3) is 2.49. The summed E-state index contributed by atoms with van der Waals surface area (Å²) in [5.74, 6) is 1.85. The minimum atomic E-state index is -0.212. The second-order valence-corrected chi connectivity index (χ2v) is 5.17. The molecule has 17 heavy (non-hydrogen) atoms. The van der Waals surface area contributed by atoms with Crippen LogP contribution in [0.4, 0.5) is 0 Å². The highest BCUT2D eigenvalue weighted by Gasteiger charge is 2.35. The SMILES string of the molecule is Cc1cc(C(=O)NC2(CCl)CCCC2)c(C)o1. The Hall–Kier alpha value is -0.960. The summed E-state index contributed by atoms with van der Waals surface area (Å²) in [5.41, 5.74) is 0.412. The van der Waals surface area contributed by atoms with E-state index in [0.717, 1.165) is 31.4 Å². The van der Waals surface area contributed by atoms with Crippen LogP contribution in [0.1, 0.15) is 47.6 Å². The number of hydrogen-bond donors (Lipinski definition) is 1. The Kier molecular flexibility index (Phi) is 3.48. The highest BCUT2D eigenvalue weighted by atomic mass is 35.5. The first-order chi connectivity index (χ1) is 8.06. The Labute approximate surface area is 107 Å². The standard InChI is InChI=1S/C13H18ClNO2/c1-9-7-11(10(2)17-9)12(16)15-13(8-14)5-3-4-6-13/h7H,3-6,8H2,1-2H3,(H,15,16). The van der Waals surface area contributed by atoms with Crippen molar-refractivity contribution < 1.29 is 9.21 Å². The van der Waals surface area contributed by atoms with Gasteiger partial charge in [-0.15, -0.1) is 11.6 Å². The van der Waals surface area contributed by atoms with E-state index >= 15 is 0 Å². The van der Waals surface area contributed by atoms with Crippen molar-refractivity contribution in [3.05, 3.63) is 23.2 Å². The van der Waals surface area contributed by atoms with E-state index in [1.54, 1.807) is 6.07 Å². The molecule has 1 aromatic rings. The molecule has 2 rings (SSSR count). The monoisotopic (exact) mass is 255 g/mol. The van der Waals surface area contributed by atoms with E-state index in [1.807, 2.05) is 13.8 Å². The van der Waals surface area contributed by atoms with Gasteiger partial charge >= 0.3 is 0 Å². The maximum absolute atomic E-state index is 12.2. The fourth-order valence-corrected chi connectivity index (χ4v) is 2.84. The van der Waals surface area contributed by atoms with E-state index in [2.05, 4.69) is 5.32 Å². The lowest BCUT2D eigenvalue weighted by molar-refractivity contribution is 0.0908. The second-order valence-electron chi connectivity index (χ2n) is 4.90. The minimum Gasteiger partial charge on any atom is -0.466 e. The Morgan fingerprint density at radius 1 is 1.47 bits per heavy atom. The molecule has 1 fully saturated rings. The molecule has 94 valence electrons. The van der Waals surface area contributed by atoms with Crippen LogP contribution in [-0.2, 0) is 0 Å². The van der Waals surface area contributed by atoms with Crippen LogP contribution in [0.3, 0.4) is 0 Å². The number of carbonyl (C=O) groups excluding carboxylic acids is 1. The number of aryl methyl sites for hydroxylation is 2. The molecule has 0 aliphatic heterocycles. The van der Waals surface area contributed by atoms with Gasteiger partial charge in [0.2, 0.25) is 0 Å². The van der Waals surface area contributed by atoms with Crippen molar-refractivity contribution >= 4 is 17.5 Å². The summed E-state index contributed by atoms with van der Waals surface area (Å²) in [6.45, 7) is 3.65. The van der Waals surface area contributed by atoms with Gasteiger partial charge in [-0.25, -0.2) is 0 Å². The molecule has 0 unspecified atom stereocenters. The number of rotatable bonds is 3. The average Bonchev–Trinajstić information content (AvgIpc) is 2.86.